The fourth-order valence-electron chi connectivity index (χ4n) is 2.76. The third kappa shape index (κ3) is 1.42. The molecule has 3 unspecified atom stereocenters. The molecule has 3 rings (SSSR count). The van der Waals surface area contributed by atoms with Gasteiger partial charge in [-0.3, -0.25) is 0 Å². The van der Waals surface area contributed by atoms with E-state index in [1.54, 1.807) is 5.56 Å². The third-order valence-corrected chi connectivity index (χ3v) is 4.15. The molecular formula is C15H19N. The van der Waals surface area contributed by atoms with Crippen LogP contribution in [0.15, 0.2) is 24.3 Å². The van der Waals surface area contributed by atoms with Crippen molar-refractivity contribution < 1.29 is 0 Å². The zero-order chi connectivity index (χ0) is 11.3. The summed E-state index contributed by atoms with van der Waals surface area (Å²) >= 11 is 0. The number of rotatable bonds is 2. The molecular weight excluding hydrogens is 194 g/mol. The molecule has 84 valence electrons. The zero-order valence-corrected chi connectivity index (χ0v) is 10.3. The van der Waals surface area contributed by atoms with Crippen LogP contribution >= 0.6 is 0 Å². The molecule has 16 heavy (non-hydrogen) atoms. The zero-order valence-electron chi connectivity index (χ0n) is 10.3. The van der Waals surface area contributed by atoms with E-state index in [9.17, 15) is 0 Å². The number of benzene rings is 1. The monoisotopic (exact) mass is 213 g/mol. The summed E-state index contributed by atoms with van der Waals surface area (Å²) in [4.78, 5) is 2.28. The normalized spacial score (nSPS) is 27.5. The average Bonchev–Trinajstić information content (AvgIpc) is 3.06. The maximum absolute atomic E-state index is 2.40. The summed E-state index contributed by atoms with van der Waals surface area (Å²) < 4.78 is 0. The van der Waals surface area contributed by atoms with Crippen LogP contribution < -0.4 is 0 Å². The van der Waals surface area contributed by atoms with Crippen LogP contribution in [0.5, 0.6) is 0 Å². The molecule has 0 saturated heterocycles. The molecule has 0 aliphatic heterocycles. The van der Waals surface area contributed by atoms with Gasteiger partial charge in [0, 0.05) is 6.04 Å². The molecule has 0 heterocycles. The summed E-state index contributed by atoms with van der Waals surface area (Å²) in [5.74, 6) is 1.67. The Bertz CT molecular complexity index is 445. The first-order valence-electron chi connectivity index (χ1n) is 6.16. The maximum atomic E-state index is 2.40. The summed E-state index contributed by atoms with van der Waals surface area (Å²) in [6.45, 7) is 2.28. The average molecular weight is 213 g/mol. The second kappa shape index (κ2) is 3.46. The van der Waals surface area contributed by atoms with Crippen molar-refractivity contribution in [2.75, 3.05) is 14.1 Å². The summed E-state index contributed by atoms with van der Waals surface area (Å²) in [5.41, 5.74) is 4.55. The summed E-state index contributed by atoms with van der Waals surface area (Å²) in [7, 11) is 4.30. The molecule has 1 aromatic carbocycles. The third-order valence-electron chi connectivity index (χ3n) is 4.15. The Hall–Kier alpha value is -1.08. The van der Waals surface area contributed by atoms with Crippen molar-refractivity contribution in [3.63, 3.8) is 0 Å². The van der Waals surface area contributed by atoms with Crippen LogP contribution in [0.1, 0.15) is 42.0 Å². The highest BCUT2D eigenvalue weighted by atomic mass is 15.1. The van der Waals surface area contributed by atoms with Crippen molar-refractivity contribution in [2.45, 2.75) is 25.3 Å². The van der Waals surface area contributed by atoms with Gasteiger partial charge in [-0.15, -0.1) is 0 Å². The van der Waals surface area contributed by atoms with E-state index in [2.05, 4.69) is 56.3 Å². The van der Waals surface area contributed by atoms with Crippen molar-refractivity contribution in [3.05, 3.63) is 41.0 Å². The standard InChI is InChI=1S/C15H19N/c1-10(16(2)3)12-5-4-6-13-14(12)8-7-11-9-15(11)13/h4-8,10-11,15H,9H2,1-3H3. The molecule has 0 spiro atoms. The number of allylic oxidation sites excluding steroid dienone is 1. The fourth-order valence-corrected chi connectivity index (χ4v) is 2.76. The lowest BCUT2D eigenvalue weighted by Crippen LogP contribution is -2.18. The van der Waals surface area contributed by atoms with Crippen LogP contribution in [0.3, 0.4) is 0 Å². The SMILES string of the molecule is CC(c1cccc2c1C=CC1CC21)N(C)C. The lowest BCUT2D eigenvalue weighted by Gasteiger charge is -2.24. The van der Waals surface area contributed by atoms with Crippen molar-refractivity contribution in [1.29, 1.82) is 0 Å². The summed E-state index contributed by atoms with van der Waals surface area (Å²) in [6, 6.07) is 7.31. The molecule has 0 aromatic heterocycles. The Kier molecular flexibility index (Phi) is 2.18. The van der Waals surface area contributed by atoms with Gasteiger partial charge >= 0.3 is 0 Å². The molecule has 1 heteroatoms. The van der Waals surface area contributed by atoms with Crippen molar-refractivity contribution in [3.8, 4) is 0 Å². The molecule has 0 bridgehead atoms. The Balaban J connectivity index is 2.08. The van der Waals surface area contributed by atoms with E-state index in [4.69, 9.17) is 0 Å². The lowest BCUT2D eigenvalue weighted by atomic mass is 9.90. The molecule has 0 N–H and O–H groups in total. The van der Waals surface area contributed by atoms with Crippen molar-refractivity contribution in [1.82, 2.24) is 4.90 Å². The van der Waals surface area contributed by atoms with Crippen LogP contribution in [0, 0.1) is 5.92 Å². The highest BCUT2D eigenvalue weighted by molar-refractivity contribution is 5.65. The van der Waals surface area contributed by atoms with Crippen molar-refractivity contribution >= 4 is 6.08 Å². The van der Waals surface area contributed by atoms with Gasteiger partial charge in [0.15, 0.2) is 0 Å². The van der Waals surface area contributed by atoms with Gasteiger partial charge in [-0.25, -0.2) is 0 Å². The van der Waals surface area contributed by atoms with Crippen LogP contribution in [0.25, 0.3) is 6.08 Å². The number of fused-ring (bicyclic) bond motifs is 3. The number of hydrogen-bond acceptors (Lipinski definition) is 1. The molecule has 1 fully saturated rings. The highest BCUT2D eigenvalue weighted by Gasteiger charge is 2.40. The Morgan fingerprint density at radius 3 is 2.88 bits per heavy atom. The summed E-state index contributed by atoms with van der Waals surface area (Å²) in [6.07, 6.45) is 6.11. The molecule has 3 atom stereocenters. The molecule has 1 aromatic rings. The van der Waals surface area contributed by atoms with Crippen LogP contribution in [-0.4, -0.2) is 19.0 Å². The number of hydrogen-bond donors (Lipinski definition) is 0. The van der Waals surface area contributed by atoms with E-state index in [0.717, 1.165) is 11.8 Å². The van der Waals surface area contributed by atoms with Gasteiger partial charge in [0.1, 0.15) is 0 Å². The van der Waals surface area contributed by atoms with E-state index in [1.807, 2.05) is 0 Å². The summed E-state index contributed by atoms with van der Waals surface area (Å²) in [5, 5.41) is 0. The van der Waals surface area contributed by atoms with Gasteiger partial charge in [-0.1, -0.05) is 30.4 Å². The minimum Gasteiger partial charge on any atom is -0.303 e. The molecule has 0 amide bonds. The predicted octanol–water partition coefficient (Wildman–Crippen LogP) is 3.44. The van der Waals surface area contributed by atoms with E-state index in [-0.39, 0.29) is 0 Å². The Labute approximate surface area is 97.8 Å². The molecule has 2 aliphatic rings. The smallest absolute Gasteiger partial charge is 0.0319 e. The van der Waals surface area contributed by atoms with Gasteiger partial charge in [-0.05, 0) is 56.0 Å². The van der Waals surface area contributed by atoms with Gasteiger partial charge in [0.05, 0.1) is 0 Å². The van der Waals surface area contributed by atoms with E-state index in [0.29, 0.717) is 6.04 Å². The molecule has 1 nitrogen and oxygen atoms in total. The Morgan fingerprint density at radius 2 is 2.12 bits per heavy atom. The second-order valence-corrected chi connectivity index (χ2v) is 5.35. The van der Waals surface area contributed by atoms with Crippen LogP contribution in [0.4, 0.5) is 0 Å². The highest BCUT2D eigenvalue weighted by Crippen LogP contribution is 2.53. The second-order valence-electron chi connectivity index (χ2n) is 5.35. The van der Waals surface area contributed by atoms with Crippen molar-refractivity contribution in [2.24, 2.45) is 5.92 Å². The molecule has 1 saturated carbocycles. The van der Waals surface area contributed by atoms with Crippen LogP contribution in [-0.2, 0) is 0 Å². The Morgan fingerprint density at radius 1 is 1.31 bits per heavy atom. The van der Waals surface area contributed by atoms with Gasteiger partial charge < -0.3 is 4.90 Å². The quantitative estimate of drug-likeness (QED) is 0.727. The topological polar surface area (TPSA) is 3.24 Å². The number of nitrogens with zero attached hydrogens (tertiary/aromatic N) is 1. The minimum absolute atomic E-state index is 0.495. The van der Waals surface area contributed by atoms with Gasteiger partial charge in [0.2, 0.25) is 0 Å². The predicted molar refractivity (Wildman–Crippen MR) is 68.4 cm³/mol. The fraction of sp³-hybridized carbons (Fsp3) is 0.467. The van der Waals surface area contributed by atoms with Gasteiger partial charge in [-0.2, -0.15) is 0 Å². The van der Waals surface area contributed by atoms with E-state index < -0.39 is 0 Å². The van der Waals surface area contributed by atoms with Crippen LogP contribution in [0.2, 0.25) is 0 Å². The first-order chi connectivity index (χ1) is 7.68. The first-order valence-corrected chi connectivity index (χ1v) is 6.16. The van der Waals surface area contributed by atoms with E-state index in [1.165, 1.54) is 17.5 Å². The molecule has 2 aliphatic carbocycles. The largest absolute Gasteiger partial charge is 0.303 e. The van der Waals surface area contributed by atoms with Gasteiger partial charge in [0.25, 0.3) is 0 Å². The van der Waals surface area contributed by atoms with E-state index >= 15 is 0 Å². The maximum Gasteiger partial charge on any atom is 0.0319 e. The molecule has 0 radical (unpaired) electrons. The minimum atomic E-state index is 0.495. The lowest BCUT2D eigenvalue weighted by molar-refractivity contribution is 0.320. The first kappa shape index (κ1) is 10.1.